The Hall–Kier alpha value is -2.58. The maximum Gasteiger partial charge on any atom is 0.339 e. The zero-order valence-electron chi connectivity index (χ0n) is 14.9. The number of carbonyl (C=O) groups excluding carboxylic acids is 2. The molecule has 7 nitrogen and oxygen atoms in total. The van der Waals surface area contributed by atoms with Gasteiger partial charge in [-0.25, -0.2) is 13.2 Å². The Kier molecular flexibility index (Phi) is 6.45. The molecule has 0 fully saturated rings. The van der Waals surface area contributed by atoms with Crippen LogP contribution in [-0.2, 0) is 24.3 Å². The molecule has 0 heterocycles. The van der Waals surface area contributed by atoms with E-state index in [-0.39, 0.29) is 21.2 Å². The SMILES string of the molecule is COC(=O)CN(c1ccc(Cl)c(C(=O)OC)c1)S(=O)(=O)c1ccc(C)cc1. The quantitative estimate of drug-likeness (QED) is 0.679. The predicted molar refractivity (Wildman–Crippen MR) is 101 cm³/mol. The molecule has 0 bridgehead atoms. The molecule has 0 atom stereocenters. The van der Waals surface area contributed by atoms with Crippen molar-refractivity contribution in [3.63, 3.8) is 0 Å². The highest BCUT2D eigenvalue weighted by Crippen LogP contribution is 2.28. The van der Waals surface area contributed by atoms with E-state index in [4.69, 9.17) is 11.6 Å². The van der Waals surface area contributed by atoms with Crippen molar-refractivity contribution in [2.45, 2.75) is 11.8 Å². The van der Waals surface area contributed by atoms with Gasteiger partial charge >= 0.3 is 11.9 Å². The molecule has 2 aromatic rings. The van der Waals surface area contributed by atoms with Gasteiger partial charge < -0.3 is 9.47 Å². The van der Waals surface area contributed by atoms with E-state index in [1.807, 2.05) is 6.92 Å². The third-order valence-corrected chi connectivity index (χ3v) is 5.87. The highest BCUT2D eigenvalue weighted by molar-refractivity contribution is 7.92. The van der Waals surface area contributed by atoms with E-state index in [1.54, 1.807) is 12.1 Å². The van der Waals surface area contributed by atoms with E-state index >= 15 is 0 Å². The minimum atomic E-state index is -4.10. The summed E-state index contributed by atoms with van der Waals surface area (Å²) in [6.45, 7) is 1.25. The molecule has 0 unspecified atom stereocenters. The van der Waals surface area contributed by atoms with Crippen LogP contribution in [0.25, 0.3) is 0 Å². The standard InChI is InChI=1S/C18H18ClNO6S/c1-12-4-7-14(8-5-12)27(23,24)20(11-17(21)25-2)13-6-9-16(19)15(10-13)18(22)26-3/h4-10H,11H2,1-3H3. The number of halogens is 1. The van der Waals surface area contributed by atoms with E-state index < -0.39 is 28.5 Å². The molecule has 2 rings (SSSR count). The third-order valence-electron chi connectivity index (χ3n) is 3.75. The van der Waals surface area contributed by atoms with Crippen LogP contribution in [0.3, 0.4) is 0 Å². The summed E-state index contributed by atoms with van der Waals surface area (Å²) in [7, 11) is -1.77. The van der Waals surface area contributed by atoms with Gasteiger partial charge in [0.25, 0.3) is 10.0 Å². The first-order valence-corrected chi connectivity index (χ1v) is 9.56. The first kappa shape index (κ1) is 20.7. The highest BCUT2D eigenvalue weighted by Gasteiger charge is 2.28. The van der Waals surface area contributed by atoms with Crippen LogP contribution >= 0.6 is 11.6 Å². The fraction of sp³-hybridized carbons (Fsp3) is 0.222. The van der Waals surface area contributed by atoms with Gasteiger partial charge in [-0.1, -0.05) is 29.3 Å². The van der Waals surface area contributed by atoms with Crippen molar-refractivity contribution in [2.75, 3.05) is 25.1 Å². The Labute approximate surface area is 162 Å². The molecule has 0 saturated heterocycles. The Bertz CT molecular complexity index is 956. The molecule has 0 aliphatic heterocycles. The van der Waals surface area contributed by atoms with Crippen molar-refractivity contribution in [3.05, 3.63) is 58.6 Å². The molecule has 9 heteroatoms. The van der Waals surface area contributed by atoms with Crippen molar-refractivity contribution in [1.82, 2.24) is 0 Å². The Morgan fingerprint density at radius 1 is 1.04 bits per heavy atom. The summed E-state index contributed by atoms with van der Waals surface area (Å²) in [5.41, 5.74) is 0.935. The third kappa shape index (κ3) is 4.58. The van der Waals surface area contributed by atoms with Gasteiger partial charge in [-0.2, -0.15) is 0 Å². The summed E-state index contributed by atoms with van der Waals surface area (Å²) in [6, 6.07) is 10.2. The average molecular weight is 412 g/mol. The largest absolute Gasteiger partial charge is 0.468 e. The van der Waals surface area contributed by atoms with E-state index in [9.17, 15) is 18.0 Å². The molecule has 0 radical (unpaired) electrons. The number of benzene rings is 2. The second kappa shape index (κ2) is 8.41. The van der Waals surface area contributed by atoms with Crippen LogP contribution in [0, 0.1) is 6.92 Å². The lowest BCUT2D eigenvalue weighted by Crippen LogP contribution is -2.36. The fourth-order valence-electron chi connectivity index (χ4n) is 2.27. The maximum absolute atomic E-state index is 13.1. The number of hydrogen-bond acceptors (Lipinski definition) is 6. The van der Waals surface area contributed by atoms with Crippen LogP contribution in [0.1, 0.15) is 15.9 Å². The van der Waals surface area contributed by atoms with Crippen LogP contribution < -0.4 is 4.31 Å². The number of ether oxygens (including phenoxy) is 2. The molecular formula is C18H18ClNO6S. The summed E-state index contributed by atoms with van der Waals surface area (Å²) < 4.78 is 36.3. The van der Waals surface area contributed by atoms with Crippen molar-refractivity contribution >= 4 is 39.3 Å². The van der Waals surface area contributed by atoms with Gasteiger partial charge in [-0.05, 0) is 37.3 Å². The van der Waals surface area contributed by atoms with Crippen LogP contribution in [0.5, 0.6) is 0 Å². The van der Waals surface area contributed by atoms with Crippen molar-refractivity contribution in [2.24, 2.45) is 0 Å². The highest BCUT2D eigenvalue weighted by atomic mass is 35.5. The van der Waals surface area contributed by atoms with Gasteiger partial charge in [-0.15, -0.1) is 0 Å². The summed E-state index contributed by atoms with van der Waals surface area (Å²) in [5, 5.41) is 0.0938. The molecule has 0 aliphatic rings. The molecule has 0 saturated carbocycles. The maximum atomic E-state index is 13.1. The predicted octanol–water partition coefficient (Wildman–Crippen LogP) is 2.80. The first-order valence-electron chi connectivity index (χ1n) is 7.74. The lowest BCUT2D eigenvalue weighted by Gasteiger charge is -2.24. The average Bonchev–Trinajstić information content (AvgIpc) is 2.66. The van der Waals surface area contributed by atoms with E-state index in [1.165, 1.54) is 37.4 Å². The molecule has 2 aromatic carbocycles. The number of esters is 2. The van der Waals surface area contributed by atoms with Gasteiger partial charge in [-0.3, -0.25) is 9.10 Å². The van der Waals surface area contributed by atoms with Gasteiger partial charge in [0.15, 0.2) is 0 Å². The van der Waals surface area contributed by atoms with Crippen LogP contribution in [-0.4, -0.2) is 41.1 Å². The van der Waals surface area contributed by atoms with Crippen molar-refractivity contribution in [1.29, 1.82) is 0 Å². The number of methoxy groups -OCH3 is 2. The van der Waals surface area contributed by atoms with Crippen molar-refractivity contribution in [3.8, 4) is 0 Å². The second-order valence-electron chi connectivity index (χ2n) is 5.56. The minimum absolute atomic E-state index is 0.00780. The molecule has 0 aromatic heterocycles. The number of rotatable bonds is 6. The van der Waals surface area contributed by atoms with E-state index in [0.29, 0.717) is 0 Å². The number of carbonyl (C=O) groups is 2. The zero-order chi connectivity index (χ0) is 20.2. The van der Waals surface area contributed by atoms with Crippen LogP contribution in [0.2, 0.25) is 5.02 Å². The Morgan fingerprint density at radius 3 is 2.22 bits per heavy atom. The number of hydrogen-bond donors (Lipinski definition) is 0. The molecule has 0 N–H and O–H groups in total. The van der Waals surface area contributed by atoms with Gasteiger partial charge in [0, 0.05) is 0 Å². The van der Waals surface area contributed by atoms with Crippen LogP contribution in [0.4, 0.5) is 5.69 Å². The fourth-order valence-corrected chi connectivity index (χ4v) is 3.86. The molecule has 0 aliphatic carbocycles. The Balaban J connectivity index is 2.60. The molecule has 144 valence electrons. The summed E-state index contributed by atoms with van der Waals surface area (Å²) in [6.07, 6.45) is 0. The lowest BCUT2D eigenvalue weighted by molar-refractivity contribution is -0.138. The monoisotopic (exact) mass is 411 g/mol. The topological polar surface area (TPSA) is 90.0 Å². The van der Waals surface area contributed by atoms with E-state index in [0.717, 1.165) is 17.0 Å². The number of sulfonamides is 1. The zero-order valence-corrected chi connectivity index (χ0v) is 16.5. The number of anilines is 1. The minimum Gasteiger partial charge on any atom is -0.468 e. The second-order valence-corrected chi connectivity index (χ2v) is 7.83. The molecule has 0 amide bonds. The van der Waals surface area contributed by atoms with Crippen LogP contribution in [0.15, 0.2) is 47.4 Å². The Morgan fingerprint density at radius 2 is 1.67 bits per heavy atom. The van der Waals surface area contributed by atoms with Gasteiger partial charge in [0.1, 0.15) is 6.54 Å². The molecular weight excluding hydrogens is 394 g/mol. The molecule has 27 heavy (non-hydrogen) atoms. The number of nitrogens with zero attached hydrogens (tertiary/aromatic N) is 1. The van der Waals surface area contributed by atoms with Crippen molar-refractivity contribution < 1.29 is 27.5 Å². The summed E-state index contributed by atoms with van der Waals surface area (Å²) >= 11 is 6.00. The van der Waals surface area contributed by atoms with E-state index in [2.05, 4.69) is 9.47 Å². The first-order chi connectivity index (χ1) is 12.7. The van der Waals surface area contributed by atoms with Gasteiger partial charge in [0.2, 0.25) is 0 Å². The summed E-state index contributed by atoms with van der Waals surface area (Å²) in [5.74, 6) is -1.49. The lowest BCUT2D eigenvalue weighted by atomic mass is 10.2. The normalized spacial score (nSPS) is 11.0. The smallest absolute Gasteiger partial charge is 0.339 e. The summed E-state index contributed by atoms with van der Waals surface area (Å²) in [4.78, 5) is 23.7. The molecule has 0 spiro atoms. The number of aryl methyl sites for hydroxylation is 1. The van der Waals surface area contributed by atoms with Gasteiger partial charge in [0.05, 0.1) is 35.4 Å².